The van der Waals surface area contributed by atoms with Gasteiger partial charge in [0.2, 0.25) is 10.0 Å². The quantitative estimate of drug-likeness (QED) is 0.463. The van der Waals surface area contributed by atoms with Gasteiger partial charge in [-0.2, -0.15) is 0 Å². The number of ether oxygens (including phenoxy) is 2. The minimum Gasteiger partial charge on any atom is -0.478 e. The lowest BCUT2D eigenvalue weighted by atomic mass is 10.2. The summed E-state index contributed by atoms with van der Waals surface area (Å²) in [6.45, 7) is 2.64. The molecular weight excluding hydrogens is 493 g/mol. The van der Waals surface area contributed by atoms with Gasteiger partial charge < -0.3 is 14.8 Å². The summed E-state index contributed by atoms with van der Waals surface area (Å²) in [7, 11) is -3.85. The normalized spacial score (nSPS) is 12.3. The largest absolute Gasteiger partial charge is 0.478 e. The number of anilines is 1. The number of aryl methyl sites for hydroxylation is 1. The van der Waals surface area contributed by atoms with Crippen molar-refractivity contribution < 1.29 is 27.5 Å². The van der Waals surface area contributed by atoms with E-state index in [0.717, 1.165) is 0 Å². The highest BCUT2D eigenvalue weighted by Gasteiger charge is 2.20. The Balaban J connectivity index is 1.62. The number of pyridine rings is 1. The van der Waals surface area contributed by atoms with Crippen LogP contribution in [0.25, 0.3) is 10.9 Å². The van der Waals surface area contributed by atoms with Crippen LogP contribution in [0.1, 0.15) is 12.6 Å². The average Bonchev–Trinajstić information content (AvgIpc) is 2.73. The zero-order valence-electron chi connectivity index (χ0n) is 17.5. The van der Waals surface area contributed by atoms with Crippen LogP contribution in [-0.4, -0.2) is 38.0 Å². The van der Waals surface area contributed by atoms with Gasteiger partial charge in [0, 0.05) is 16.8 Å². The van der Waals surface area contributed by atoms with Crippen LogP contribution < -0.4 is 15.2 Å². The molecule has 0 saturated heterocycles. The van der Waals surface area contributed by atoms with E-state index in [1.807, 2.05) is 0 Å². The number of aromatic nitrogens is 1. The van der Waals surface area contributed by atoms with E-state index in [1.54, 1.807) is 19.1 Å². The Morgan fingerprint density at radius 3 is 2.42 bits per heavy atom. The minimum atomic E-state index is -3.85. The first-order valence-electron chi connectivity index (χ1n) is 9.47. The number of benzene rings is 2. The summed E-state index contributed by atoms with van der Waals surface area (Å²) in [5, 5.41) is 8.71. The third-order valence-electron chi connectivity index (χ3n) is 4.44. The number of nitrogens with zero attached hydrogens (tertiary/aromatic N) is 1. The molecule has 1 unspecified atom stereocenters. The molecule has 3 N–H and O–H groups in total. The SMILES string of the molecule is Cc1ccc2c(Cl)cc(Cl)c(OCC(=O)OC(C)C(=O)Nc3ccc(S(N)(=O)=O)cc3)c2n1. The van der Waals surface area contributed by atoms with E-state index >= 15 is 0 Å². The maximum absolute atomic E-state index is 12.3. The molecular formula is C21H19Cl2N3O6S. The highest BCUT2D eigenvalue weighted by atomic mass is 35.5. The van der Waals surface area contributed by atoms with Crippen LogP contribution in [0.3, 0.4) is 0 Å². The molecule has 3 rings (SSSR count). The number of carbonyl (C=O) groups excluding carboxylic acids is 2. The van der Waals surface area contributed by atoms with Crippen molar-refractivity contribution in [2.75, 3.05) is 11.9 Å². The number of hydrogen-bond acceptors (Lipinski definition) is 7. The Morgan fingerprint density at radius 2 is 1.79 bits per heavy atom. The predicted octanol–water partition coefficient (Wildman–Crippen LogP) is 3.45. The number of rotatable bonds is 7. The summed E-state index contributed by atoms with van der Waals surface area (Å²) in [4.78, 5) is 28.8. The average molecular weight is 512 g/mol. The van der Waals surface area contributed by atoms with E-state index in [9.17, 15) is 18.0 Å². The van der Waals surface area contributed by atoms with Crippen LogP contribution in [0.5, 0.6) is 5.75 Å². The van der Waals surface area contributed by atoms with Crippen LogP contribution in [0.15, 0.2) is 47.4 Å². The molecule has 1 amide bonds. The zero-order chi connectivity index (χ0) is 24.3. The summed E-state index contributed by atoms with van der Waals surface area (Å²) in [5.74, 6) is -1.27. The van der Waals surface area contributed by atoms with E-state index in [4.69, 9.17) is 37.8 Å². The molecule has 33 heavy (non-hydrogen) atoms. The molecule has 1 atom stereocenters. The molecule has 0 bridgehead atoms. The molecule has 12 heteroatoms. The van der Waals surface area contributed by atoms with Gasteiger partial charge in [-0.25, -0.2) is 23.3 Å². The van der Waals surface area contributed by atoms with Crippen LogP contribution in [0.4, 0.5) is 5.69 Å². The first-order valence-corrected chi connectivity index (χ1v) is 11.8. The van der Waals surface area contributed by atoms with E-state index in [0.29, 0.717) is 27.3 Å². The Kier molecular flexibility index (Phi) is 7.43. The second-order valence-corrected chi connectivity index (χ2v) is 9.37. The second kappa shape index (κ2) is 9.92. The van der Waals surface area contributed by atoms with Crippen molar-refractivity contribution in [2.45, 2.75) is 24.8 Å². The molecule has 0 aliphatic heterocycles. The fourth-order valence-electron chi connectivity index (χ4n) is 2.82. The Bertz CT molecular complexity index is 1330. The van der Waals surface area contributed by atoms with Gasteiger partial charge in [0.25, 0.3) is 5.91 Å². The lowest BCUT2D eigenvalue weighted by molar-refractivity contribution is -0.155. The zero-order valence-corrected chi connectivity index (χ0v) is 19.8. The molecule has 1 heterocycles. The molecule has 0 aliphatic carbocycles. The molecule has 3 aromatic rings. The molecule has 0 spiro atoms. The number of amides is 1. The highest BCUT2D eigenvalue weighted by Crippen LogP contribution is 2.37. The molecule has 0 fully saturated rings. The van der Waals surface area contributed by atoms with Gasteiger partial charge >= 0.3 is 5.97 Å². The third-order valence-corrected chi connectivity index (χ3v) is 5.96. The van der Waals surface area contributed by atoms with Gasteiger partial charge in [-0.1, -0.05) is 23.2 Å². The molecule has 9 nitrogen and oxygen atoms in total. The number of nitrogens with two attached hydrogens (primary N) is 1. The maximum atomic E-state index is 12.3. The highest BCUT2D eigenvalue weighted by molar-refractivity contribution is 7.89. The number of halogens is 2. The van der Waals surface area contributed by atoms with Crippen LogP contribution >= 0.6 is 23.2 Å². The molecule has 0 aliphatic rings. The van der Waals surface area contributed by atoms with Crippen molar-refractivity contribution >= 4 is 61.7 Å². The van der Waals surface area contributed by atoms with Crippen LogP contribution in [-0.2, 0) is 24.3 Å². The van der Waals surface area contributed by atoms with Crippen LogP contribution in [0, 0.1) is 6.92 Å². The van der Waals surface area contributed by atoms with Gasteiger partial charge in [0.15, 0.2) is 18.5 Å². The van der Waals surface area contributed by atoms with E-state index in [2.05, 4.69) is 10.3 Å². The van der Waals surface area contributed by atoms with Crippen molar-refractivity contribution in [3.63, 3.8) is 0 Å². The van der Waals surface area contributed by atoms with Crippen molar-refractivity contribution in [1.82, 2.24) is 4.98 Å². The van der Waals surface area contributed by atoms with Gasteiger partial charge in [0.05, 0.1) is 14.9 Å². The Morgan fingerprint density at radius 1 is 1.12 bits per heavy atom. The summed E-state index contributed by atoms with van der Waals surface area (Å²) in [6.07, 6.45) is -1.16. The Labute approximate surface area is 199 Å². The molecule has 174 valence electrons. The predicted molar refractivity (Wildman–Crippen MR) is 124 cm³/mol. The number of hydrogen-bond donors (Lipinski definition) is 2. The third kappa shape index (κ3) is 6.11. The van der Waals surface area contributed by atoms with Gasteiger partial charge in [0.1, 0.15) is 5.52 Å². The number of carbonyl (C=O) groups is 2. The van der Waals surface area contributed by atoms with E-state index < -0.39 is 34.6 Å². The topological polar surface area (TPSA) is 138 Å². The van der Waals surface area contributed by atoms with Gasteiger partial charge in [-0.15, -0.1) is 0 Å². The van der Waals surface area contributed by atoms with Gasteiger partial charge in [-0.3, -0.25) is 4.79 Å². The number of nitrogens with one attached hydrogen (secondary N) is 1. The Hall–Kier alpha value is -2.92. The molecule has 1 aromatic heterocycles. The lowest BCUT2D eigenvalue weighted by Crippen LogP contribution is -2.31. The smallest absolute Gasteiger partial charge is 0.344 e. The first-order chi connectivity index (χ1) is 15.5. The molecule has 2 aromatic carbocycles. The minimum absolute atomic E-state index is 0.102. The first kappa shape index (κ1) is 24.7. The number of sulfonamides is 1. The second-order valence-electron chi connectivity index (χ2n) is 7.00. The van der Waals surface area contributed by atoms with Crippen molar-refractivity contribution in [1.29, 1.82) is 0 Å². The summed E-state index contributed by atoms with van der Waals surface area (Å²) < 4.78 is 33.2. The van der Waals surface area contributed by atoms with Crippen molar-refractivity contribution in [3.05, 3.63) is 58.2 Å². The van der Waals surface area contributed by atoms with Crippen LogP contribution in [0.2, 0.25) is 10.0 Å². The fourth-order valence-corrected chi connectivity index (χ4v) is 3.90. The molecule has 0 radical (unpaired) electrons. The standard InChI is InChI=1S/C21H19Cl2N3O6S/c1-11-3-8-15-16(22)9-17(23)20(19(15)25-11)31-10-18(27)32-12(2)21(28)26-13-4-6-14(7-5-13)33(24,29)30/h3-9,12H,10H2,1-2H3,(H,26,28)(H2,24,29,30). The summed E-state index contributed by atoms with van der Waals surface area (Å²) in [5.41, 5.74) is 1.40. The number of fused-ring (bicyclic) bond motifs is 1. The number of primary sulfonamides is 1. The van der Waals surface area contributed by atoms with E-state index in [1.165, 1.54) is 37.3 Å². The fraction of sp³-hybridized carbons (Fsp3) is 0.190. The lowest BCUT2D eigenvalue weighted by Gasteiger charge is -2.15. The number of esters is 1. The van der Waals surface area contributed by atoms with E-state index in [-0.39, 0.29) is 15.7 Å². The summed E-state index contributed by atoms with van der Waals surface area (Å²) in [6, 6.07) is 10.2. The van der Waals surface area contributed by atoms with Crippen molar-refractivity contribution in [2.24, 2.45) is 5.14 Å². The monoisotopic (exact) mass is 511 g/mol. The summed E-state index contributed by atoms with van der Waals surface area (Å²) >= 11 is 12.4. The van der Waals surface area contributed by atoms with Crippen molar-refractivity contribution in [3.8, 4) is 5.75 Å². The maximum Gasteiger partial charge on any atom is 0.344 e. The molecule has 0 saturated carbocycles. The van der Waals surface area contributed by atoms with Gasteiger partial charge in [-0.05, 0) is 56.3 Å².